The van der Waals surface area contributed by atoms with Gasteiger partial charge in [-0.2, -0.15) is 0 Å². The Kier molecular flexibility index (Phi) is 6.14. The van der Waals surface area contributed by atoms with Crippen LogP contribution in [0, 0.1) is 6.92 Å². The molecular formula is C13H20N2O3. The number of hydrogen-bond acceptors (Lipinski definition) is 4. The van der Waals surface area contributed by atoms with Crippen molar-refractivity contribution >= 4 is 11.8 Å². The van der Waals surface area contributed by atoms with E-state index in [0.717, 1.165) is 38.0 Å². The summed E-state index contributed by atoms with van der Waals surface area (Å²) in [7, 11) is 1.69. The van der Waals surface area contributed by atoms with Crippen molar-refractivity contribution in [1.29, 1.82) is 0 Å². The van der Waals surface area contributed by atoms with Gasteiger partial charge in [-0.3, -0.25) is 0 Å². The summed E-state index contributed by atoms with van der Waals surface area (Å²) in [5.41, 5.74) is 0.980. The fraction of sp³-hybridized carbons (Fsp3) is 0.538. The highest BCUT2D eigenvalue weighted by molar-refractivity contribution is 5.94. The second-order valence-electron chi connectivity index (χ2n) is 4.14. The van der Waals surface area contributed by atoms with E-state index in [1.807, 2.05) is 0 Å². The Balaban J connectivity index is 2.47. The molecule has 2 N–H and O–H groups in total. The minimum absolute atomic E-state index is 0.259. The van der Waals surface area contributed by atoms with Crippen molar-refractivity contribution in [3.8, 4) is 0 Å². The molecular weight excluding hydrogens is 232 g/mol. The summed E-state index contributed by atoms with van der Waals surface area (Å²) in [6.45, 7) is 3.26. The molecule has 1 heterocycles. The van der Waals surface area contributed by atoms with Crippen molar-refractivity contribution < 1.29 is 14.6 Å². The monoisotopic (exact) mass is 252 g/mol. The molecule has 5 heteroatoms. The normalized spacial score (nSPS) is 10.3. The second-order valence-corrected chi connectivity index (χ2v) is 4.14. The fourth-order valence-corrected chi connectivity index (χ4v) is 1.72. The van der Waals surface area contributed by atoms with Gasteiger partial charge in [0.15, 0.2) is 0 Å². The van der Waals surface area contributed by atoms with Gasteiger partial charge in [-0.1, -0.05) is 0 Å². The highest BCUT2D eigenvalue weighted by atomic mass is 16.5. The van der Waals surface area contributed by atoms with Gasteiger partial charge in [-0.05, 0) is 37.8 Å². The molecule has 0 aliphatic heterocycles. The highest BCUT2D eigenvalue weighted by Crippen LogP contribution is 2.16. The molecule has 18 heavy (non-hydrogen) atoms. The molecule has 0 unspecified atom stereocenters. The molecule has 100 valence electrons. The van der Waals surface area contributed by atoms with Gasteiger partial charge in [0.05, 0.1) is 0 Å². The maximum absolute atomic E-state index is 11.1. The van der Waals surface area contributed by atoms with E-state index in [-0.39, 0.29) is 5.56 Å². The number of anilines is 1. The fourth-order valence-electron chi connectivity index (χ4n) is 1.72. The highest BCUT2D eigenvalue weighted by Gasteiger charge is 2.13. The number of methoxy groups -OCH3 is 1. The van der Waals surface area contributed by atoms with E-state index in [9.17, 15) is 4.79 Å². The van der Waals surface area contributed by atoms with Crippen molar-refractivity contribution in [3.63, 3.8) is 0 Å². The van der Waals surface area contributed by atoms with Gasteiger partial charge in [0, 0.05) is 26.5 Å². The predicted octanol–water partition coefficient (Wildman–Crippen LogP) is 2.32. The van der Waals surface area contributed by atoms with Gasteiger partial charge in [0.1, 0.15) is 11.4 Å². The maximum Gasteiger partial charge on any atom is 0.339 e. The lowest BCUT2D eigenvalue weighted by Crippen LogP contribution is -2.11. The number of carboxylic acid groups (broad SMARTS) is 1. The molecule has 0 radical (unpaired) electrons. The molecule has 0 amide bonds. The third-order valence-electron chi connectivity index (χ3n) is 2.69. The van der Waals surface area contributed by atoms with Crippen molar-refractivity contribution in [3.05, 3.63) is 23.4 Å². The van der Waals surface area contributed by atoms with Gasteiger partial charge >= 0.3 is 5.97 Å². The zero-order valence-corrected chi connectivity index (χ0v) is 10.9. The van der Waals surface area contributed by atoms with Crippen LogP contribution in [0.4, 0.5) is 5.82 Å². The number of aromatic carboxylic acids is 1. The van der Waals surface area contributed by atoms with E-state index >= 15 is 0 Å². The van der Waals surface area contributed by atoms with Crippen LogP contribution in [0.25, 0.3) is 0 Å². The summed E-state index contributed by atoms with van der Waals surface area (Å²) in [6, 6.07) is 1.70. The largest absolute Gasteiger partial charge is 0.478 e. The van der Waals surface area contributed by atoms with Crippen molar-refractivity contribution in [1.82, 2.24) is 4.98 Å². The molecule has 0 saturated carbocycles. The van der Waals surface area contributed by atoms with Crippen LogP contribution < -0.4 is 5.32 Å². The minimum atomic E-state index is -0.942. The maximum atomic E-state index is 11.1. The van der Waals surface area contributed by atoms with Crippen molar-refractivity contribution in [2.24, 2.45) is 0 Å². The summed E-state index contributed by atoms with van der Waals surface area (Å²) in [5.74, 6) is -0.489. The molecule has 1 rings (SSSR count). The topological polar surface area (TPSA) is 71.5 Å². The minimum Gasteiger partial charge on any atom is -0.478 e. The molecule has 0 atom stereocenters. The van der Waals surface area contributed by atoms with Crippen LogP contribution in [0.3, 0.4) is 0 Å². The number of ether oxygens (including phenoxy) is 1. The Morgan fingerprint density at radius 1 is 1.44 bits per heavy atom. The summed E-state index contributed by atoms with van der Waals surface area (Å²) < 4.78 is 4.96. The summed E-state index contributed by atoms with van der Waals surface area (Å²) in [5, 5.41) is 12.2. The van der Waals surface area contributed by atoms with Crippen molar-refractivity contribution in [2.75, 3.05) is 25.6 Å². The predicted molar refractivity (Wildman–Crippen MR) is 70.2 cm³/mol. The summed E-state index contributed by atoms with van der Waals surface area (Å²) in [4.78, 5) is 15.2. The first-order valence-corrected chi connectivity index (χ1v) is 6.08. The Morgan fingerprint density at radius 2 is 2.22 bits per heavy atom. The molecule has 1 aromatic heterocycles. The number of rotatable bonds is 8. The van der Waals surface area contributed by atoms with Crippen LogP contribution in [0.1, 0.15) is 35.2 Å². The number of nitrogens with zero attached hydrogens (tertiary/aromatic N) is 1. The zero-order chi connectivity index (χ0) is 13.4. The average molecular weight is 252 g/mol. The SMILES string of the molecule is COCCCCCNc1nccc(C)c1C(=O)O. The van der Waals surface area contributed by atoms with E-state index in [0.29, 0.717) is 5.82 Å². The molecule has 0 aliphatic rings. The van der Waals surface area contributed by atoms with Gasteiger partial charge in [-0.15, -0.1) is 0 Å². The number of pyridine rings is 1. The van der Waals surface area contributed by atoms with Gasteiger partial charge in [-0.25, -0.2) is 9.78 Å². The number of carbonyl (C=O) groups is 1. The number of aryl methyl sites for hydroxylation is 1. The Morgan fingerprint density at radius 3 is 2.89 bits per heavy atom. The third-order valence-corrected chi connectivity index (χ3v) is 2.69. The van der Waals surface area contributed by atoms with E-state index in [1.165, 1.54) is 0 Å². The van der Waals surface area contributed by atoms with Gasteiger partial charge in [0.25, 0.3) is 0 Å². The number of unbranched alkanes of at least 4 members (excludes halogenated alkanes) is 2. The number of carboxylic acids is 1. The summed E-state index contributed by atoms with van der Waals surface area (Å²) in [6.07, 6.45) is 4.66. The molecule has 0 aliphatic carbocycles. The van der Waals surface area contributed by atoms with Gasteiger partial charge in [0.2, 0.25) is 0 Å². The lowest BCUT2D eigenvalue weighted by molar-refractivity contribution is 0.0697. The molecule has 0 bridgehead atoms. The van der Waals surface area contributed by atoms with E-state index < -0.39 is 5.97 Å². The first-order valence-electron chi connectivity index (χ1n) is 6.08. The van der Waals surface area contributed by atoms with Crippen LogP contribution in [-0.2, 0) is 4.74 Å². The van der Waals surface area contributed by atoms with E-state index in [1.54, 1.807) is 26.3 Å². The van der Waals surface area contributed by atoms with Crippen molar-refractivity contribution in [2.45, 2.75) is 26.2 Å². The number of hydrogen-bond donors (Lipinski definition) is 2. The van der Waals surface area contributed by atoms with Gasteiger partial charge < -0.3 is 15.2 Å². The smallest absolute Gasteiger partial charge is 0.339 e. The lowest BCUT2D eigenvalue weighted by atomic mass is 10.1. The molecule has 0 aromatic carbocycles. The molecule has 0 spiro atoms. The van der Waals surface area contributed by atoms with Crippen LogP contribution in [0.5, 0.6) is 0 Å². The first kappa shape index (κ1) is 14.4. The third kappa shape index (κ3) is 4.33. The van der Waals surface area contributed by atoms with E-state index in [4.69, 9.17) is 9.84 Å². The first-order chi connectivity index (χ1) is 8.66. The quantitative estimate of drug-likeness (QED) is 0.695. The lowest BCUT2D eigenvalue weighted by Gasteiger charge is -2.10. The number of aromatic nitrogens is 1. The van der Waals surface area contributed by atoms with Crippen LogP contribution in [0.15, 0.2) is 12.3 Å². The molecule has 0 saturated heterocycles. The zero-order valence-electron chi connectivity index (χ0n) is 10.9. The Bertz CT molecular complexity index is 394. The summed E-state index contributed by atoms with van der Waals surface area (Å²) >= 11 is 0. The standard InChI is InChI=1S/C13H20N2O3/c1-10-6-8-15-12(11(10)13(16)17)14-7-4-3-5-9-18-2/h6,8H,3-5,7,9H2,1-2H3,(H,14,15)(H,16,17). The molecule has 1 aromatic rings. The second kappa shape index (κ2) is 7.66. The van der Waals surface area contributed by atoms with Crippen LogP contribution in [-0.4, -0.2) is 36.3 Å². The Labute approximate surface area is 107 Å². The van der Waals surface area contributed by atoms with Crippen LogP contribution in [0.2, 0.25) is 0 Å². The number of nitrogens with one attached hydrogen (secondary N) is 1. The molecule has 0 fully saturated rings. The van der Waals surface area contributed by atoms with E-state index in [2.05, 4.69) is 10.3 Å². The average Bonchev–Trinajstić information content (AvgIpc) is 2.33. The van der Waals surface area contributed by atoms with Crippen LogP contribution >= 0.6 is 0 Å². The molecule has 5 nitrogen and oxygen atoms in total. The Hall–Kier alpha value is -1.62.